The highest BCUT2D eigenvalue weighted by atomic mass is 32.2. The van der Waals surface area contributed by atoms with Crippen molar-refractivity contribution >= 4 is 21.4 Å². The lowest BCUT2D eigenvalue weighted by atomic mass is 10.2. The van der Waals surface area contributed by atoms with Crippen LogP contribution in [-0.4, -0.2) is 24.9 Å². The fourth-order valence-electron chi connectivity index (χ4n) is 1.65. The Hall–Kier alpha value is -1.21. The van der Waals surface area contributed by atoms with Gasteiger partial charge in [0.25, 0.3) is 10.0 Å². The van der Waals surface area contributed by atoms with E-state index in [9.17, 15) is 8.42 Å². The fraction of sp³-hybridized carbons (Fsp3) is 0.231. The second-order valence-electron chi connectivity index (χ2n) is 4.18. The summed E-state index contributed by atoms with van der Waals surface area (Å²) < 4.78 is 26.2. The van der Waals surface area contributed by atoms with Crippen LogP contribution in [0.15, 0.2) is 46.0 Å². The number of sulfonamides is 1. The van der Waals surface area contributed by atoms with Crippen LogP contribution in [0.2, 0.25) is 0 Å². The highest BCUT2D eigenvalue weighted by molar-refractivity contribution is 7.91. The van der Waals surface area contributed by atoms with Crippen molar-refractivity contribution in [1.82, 2.24) is 4.31 Å². The number of rotatable bonds is 5. The van der Waals surface area contributed by atoms with Gasteiger partial charge in [0, 0.05) is 13.6 Å². The largest absolute Gasteiger partial charge is 0.392 e. The monoisotopic (exact) mass is 297 g/mol. The lowest BCUT2D eigenvalue weighted by Gasteiger charge is -2.15. The van der Waals surface area contributed by atoms with Crippen molar-refractivity contribution in [1.29, 1.82) is 0 Å². The fourth-order valence-corrected chi connectivity index (χ4v) is 4.22. The number of benzene rings is 1. The van der Waals surface area contributed by atoms with Crippen LogP contribution in [0.5, 0.6) is 0 Å². The summed E-state index contributed by atoms with van der Waals surface area (Å²) >= 11 is 1.13. The molecule has 0 saturated carbocycles. The highest BCUT2D eigenvalue weighted by Gasteiger charge is 2.22. The summed E-state index contributed by atoms with van der Waals surface area (Å²) in [5, 5.41) is 10.6. The predicted molar refractivity (Wildman–Crippen MR) is 75.3 cm³/mol. The van der Waals surface area contributed by atoms with Crippen molar-refractivity contribution in [2.75, 3.05) is 7.05 Å². The van der Waals surface area contributed by atoms with Crippen LogP contribution in [0.4, 0.5) is 0 Å². The molecule has 0 aliphatic carbocycles. The van der Waals surface area contributed by atoms with E-state index in [-0.39, 0.29) is 10.8 Å². The molecular weight excluding hydrogens is 282 g/mol. The molecule has 1 aromatic heterocycles. The van der Waals surface area contributed by atoms with E-state index in [2.05, 4.69) is 0 Å². The van der Waals surface area contributed by atoms with Crippen molar-refractivity contribution in [3.63, 3.8) is 0 Å². The zero-order chi connectivity index (χ0) is 13.9. The Morgan fingerprint density at radius 1 is 1.21 bits per heavy atom. The Morgan fingerprint density at radius 2 is 1.89 bits per heavy atom. The first-order valence-electron chi connectivity index (χ1n) is 5.72. The summed E-state index contributed by atoms with van der Waals surface area (Å²) in [6.45, 7) is 0.184. The zero-order valence-corrected chi connectivity index (χ0v) is 12.1. The molecule has 2 rings (SSSR count). The first kappa shape index (κ1) is 14.2. The molecule has 19 heavy (non-hydrogen) atoms. The Labute approximate surface area is 117 Å². The van der Waals surface area contributed by atoms with Crippen LogP contribution in [0, 0.1) is 0 Å². The molecule has 0 radical (unpaired) electrons. The number of hydrogen-bond acceptors (Lipinski definition) is 4. The molecule has 4 nitrogen and oxygen atoms in total. The molecule has 0 unspecified atom stereocenters. The van der Waals surface area contributed by atoms with E-state index < -0.39 is 10.0 Å². The van der Waals surface area contributed by atoms with Gasteiger partial charge in [0.05, 0.1) is 6.61 Å². The molecule has 0 atom stereocenters. The van der Waals surface area contributed by atoms with Gasteiger partial charge in [-0.2, -0.15) is 4.31 Å². The number of thiophene rings is 1. The third-order valence-electron chi connectivity index (χ3n) is 2.72. The molecule has 0 aliphatic rings. The van der Waals surface area contributed by atoms with E-state index in [4.69, 9.17) is 5.11 Å². The van der Waals surface area contributed by atoms with Crippen LogP contribution >= 0.6 is 11.3 Å². The molecule has 0 amide bonds. The molecule has 2 aromatic rings. The first-order chi connectivity index (χ1) is 9.04. The van der Waals surface area contributed by atoms with Crippen molar-refractivity contribution < 1.29 is 13.5 Å². The molecular formula is C13H15NO3S2. The van der Waals surface area contributed by atoms with Crippen LogP contribution in [0.25, 0.3) is 0 Å². The second-order valence-corrected chi connectivity index (χ2v) is 7.36. The van der Waals surface area contributed by atoms with Crippen LogP contribution in [0.3, 0.4) is 0 Å². The lowest BCUT2D eigenvalue weighted by Crippen LogP contribution is -2.25. The molecule has 0 saturated heterocycles. The average molecular weight is 297 g/mol. The molecule has 1 aromatic carbocycles. The lowest BCUT2D eigenvalue weighted by molar-refractivity contribution is 0.282. The summed E-state index contributed by atoms with van der Waals surface area (Å²) in [4.78, 5) is 0. The van der Waals surface area contributed by atoms with Crippen molar-refractivity contribution in [3.05, 3.63) is 52.9 Å². The Bertz CT molecular complexity index is 635. The zero-order valence-electron chi connectivity index (χ0n) is 10.5. The van der Waals surface area contributed by atoms with E-state index >= 15 is 0 Å². The normalized spacial score (nSPS) is 11.9. The van der Waals surface area contributed by atoms with E-state index in [0.29, 0.717) is 12.1 Å². The van der Waals surface area contributed by atoms with Gasteiger partial charge in [-0.25, -0.2) is 8.42 Å². The molecule has 102 valence electrons. The smallest absolute Gasteiger partial charge is 0.252 e. The Kier molecular flexibility index (Phi) is 4.36. The van der Waals surface area contributed by atoms with E-state index in [1.165, 1.54) is 10.4 Å². The van der Waals surface area contributed by atoms with Crippen molar-refractivity contribution in [2.24, 2.45) is 0 Å². The van der Waals surface area contributed by atoms with Gasteiger partial charge in [-0.3, -0.25) is 0 Å². The first-order valence-corrected chi connectivity index (χ1v) is 8.04. The quantitative estimate of drug-likeness (QED) is 0.919. The van der Waals surface area contributed by atoms with Crippen molar-refractivity contribution in [2.45, 2.75) is 17.4 Å². The van der Waals surface area contributed by atoms with Gasteiger partial charge in [-0.1, -0.05) is 30.3 Å². The van der Waals surface area contributed by atoms with Gasteiger partial charge < -0.3 is 5.11 Å². The van der Waals surface area contributed by atoms with Crippen LogP contribution in [0.1, 0.15) is 11.1 Å². The second kappa shape index (κ2) is 5.83. The van der Waals surface area contributed by atoms with Gasteiger partial charge in [0.1, 0.15) is 4.21 Å². The molecule has 0 aliphatic heterocycles. The third-order valence-corrected chi connectivity index (χ3v) is 5.99. The number of aliphatic hydroxyl groups excluding tert-OH is 1. The van der Waals surface area contributed by atoms with Crippen LogP contribution < -0.4 is 0 Å². The Morgan fingerprint density at radius 3 is 2.47 bits per heavy atom. The SMILES string of the molecule is CN(Cc1ccccc1)S(=O)(=O)c1cc(CO)cs1. The van der Waals surface area contributed by atoms with E-state index in [1.54, 1.807) is 12.4 Å². The average Bonchev–Trinajstić information content (AvgIpc) is 2.89. The molecule has 0 spiro atoms. The van der Waals surface area contributed by atoms with Crippen molar-refractivity contribution in [3.8, 4) is 0 Å². The number of nitrogens with zero attached hydrogens (tertiary/aromatic N) is 1. The maximum Gasteiger partial charge on any atom is 0.252 e. The summed E-state index contributed by atoms with van der Waals surface area (Å²) in [6, 6.07) is 10.9. The maximum absolute atomic E-state index is 12.3. The van der Waals surface area contributed by atoms with E-state index in [1.807, 2.05) is 30.3 Å². The summed E-state index contributed by atoms with van der Waals surface area (Å²) in [5.41, 5.74) is 1.56. The van der Waals surface area contributed by atoms with E-state index in [0.717, 1.165) is 16.9 Å². The van der Waals surface area contributed by atoms with Gasteiger partial charge in [0.2, 0.25) is 0 Å². The molecule has 6 heteroatoms. The molecule has 1 N–H and O–H groups in total. The summed E-state index contributed by atoms with van der Waals surface area (Å²) in [7, 11) is -1.93. The molecule has 0 fully saturated rings. The predicted octanol–water partition coefficient (Wildman–Crippen LogP) is 2.06. The van der Waals surface area contributed by atoms with Gasteiger partial charge >= 0.3 is 0 Å². The minimum Gasteiger partial charge on any atom is -0.392 e. The minimum absolute atomic E-state index is 0.144. The standard InChI is InChI=1S/C13H15NO3S2/c1-14(8-11-5-3-2-4-6-11)19(16,17)13-7-12(9-15)10-18-13/h2-7,10,15H,8-9H2,1H3. The maximum atomic E-state index is 12.3. The van der Waals surface area contributed by atoms with Gasteiger partial charge in [-0.05, 0) is 22.6 Å². The van der Waals surface area contributed by atoms with Crippen LogP contribution in [-0.2, 0) is 23.2 Å². The topological polar surface area (TPSA) is 57.6 Å². The third kappa shape index (κ3) is 3.22. The molecule has 0 bridgehead atoms. The highest BCUT2D eigenvalue weighted by Crippen LogP contribution is 2.24. The van der Waals surface area contributed by atoms with Gasteiger partial charge in [0.15, 0.2) is 0 Å². The number of aliphatic hydroxyl groups is 1. The minimum atomic E-state index is -3.49. The molecule has 1 heterocycles. The summed E-state index contributed by atoms with van der Waals surface area (Å²) in [6.07, 6.45) is 0. The van der Waals surface area contributed by atoms with Gasteiger partial charge in [-0.15, -0.1) is 11.3 Å². The number of hydrogen-bond donors (Lipinski definition) is 1. The summed E-state index contributed by atoms with van der Waals surface area (Å²) in [5.74, 6) is 0. The Balaban J connectivity index is 2.19.